The van der Waals surface area contributed by atoms with E-state index in [0.717, 1.165) is 11.3 Å². The van der Waals surface area contributed by atoms with Gasteiger partial charge in [-0.1, -0.05) is 5.16 Å². The molecule has 28 heavy (non-hydrogen) atoms. The van der Waals surface area contributed by atoms with Gasteiger partial charge >= 0.3 is 0 Å². The summed E-state index contributed by atoms with van der Waals surface area (Å²) in [6.07, 6.45) is 0.538. The number of methoxy groups -OCH3 is 1. The van der Waals surface area contributed by atoms with Crippen LogP contribution in [0.2, 0.25) is 0 Å². The molecule has 0 spiro atoms. The number of benzene rings is 2. The van der Waals surface area contributed by atoms with Crippen molar-refractivity contribution in [2.75, 3.05) is 17.7 Å². The van der Waals surface area contributed by atoms with E-state index in [9.17, 15) is 9.59 Å². The van der Waals surface area contributed by atoms with Crippen molar-refractivity contribution in [3.8, 4) is 17.1 Å². The molecule has 1 aromatic heterocycles. The van der Waals surface area contributed by atoms with E-state index in [2.05, 4.69) is 20.8 Å². The average molecular weight is 380 g/mol. The summed E-state index contributed by atoms with van der Waals surface area (Å²) in [7, 11) is 1.60. The first-order chi connectivity index (χ1) is 13.5. The van der Waals surface area contributed by atoms with Gasteiger partial charge in [0.1, 0.15) is 5.75 Å². The third-order valence-corrected chi connectivity index (χ3v) is 3.87. The Hall–Kier alpha value is -3.68. The summed E-state index contributed by atoms with van der Waals surface area (Å²) in [5.41, 5.74) is 2.12. The number of ether oxygens (including phenoxy) is 1. The summed E-state index contributed by atoms with van der Waals surface area (Å²) in [4.78, 5) is 27.4. The summed E-state index contributed by atoms with van der Waals surface area (Å²) in [6, 6.07) is 14.2. The van der Waals surface area contributed by atoms with Crippen LogP contribution in [0.1, 0.15) is 19.2 Å². The van der Waals surface area contributed by atoms with Gasteiger partial charge in [-0.15, -0.1) is 0 Å². The molecule has 2 aromatic carbocycles. The lowest BCUT2D eigenvalue weighted by molar-refractivity contribution is -0.116. The topological polar surface area (TPSA) is 106 Å². The Balaban J connectivity index is 1.52. The first kappa shape index (κ1) is 19.1. The van der Waals surface area contributed by atoms with E-state index in [1.807, 2.05) is 24.3 Å². The summed E-state index contributed by atoms with van der Waals surface area (Å²) in [6.45, 7) is 1.44. The van der Waals surface area contributed by atoms with Gasteiger partial charge in [-0.2, -0.15) is 4.98 Å². The Bertz CT molecular complexity index is 949. The number of nitrogens with zero attached hydrogens (tertiary/aromatic N) is 2. The Morgan fingerprint density at radius 3 is 2.25 bits per heavy atom. The molecule has 1 heterocycles. The smallest absolute Gasteiger partial charge is 0.227 e. The van der Waals surface area contributed by atoms with Crippen LogP contribution in [0.3, 0.4) is 0 Å². The molecule has 8 heteroatoms. The molecule has 0 aliphatic heterocycles. The number of aromatic nitrogens is 2. The number of anilines is 2. The number of amides is 2. The lowest BCUT2D eigenvalue weighted by atomic mass is 10.2. The maximum Gasteiger partial charge on any atom is 0.227 e. The second kappa shape index (κ2) is 8.81. The highest BCUT2D eigenvalue weighted by molar-refractivity contribution is 5.92. The van der Waals surface area contributed by atoms with Crippen molar-refractivity contribution in [1.29, 1.82) is 0 Å². The molecule has 0 saturated carbocycles. The maximum absolute atomic E-state index is 12.1. The molecule has 0 unspecified atom stereocenters. The van der Waals surface area contributed by atoms with Crippen molar-refractivity contribution < 1.29 is 18.8 Å². The number of carbonyl (C=O) groups excluding carboxylic acids is 2. The molecule has 0 aliphatic carbocycles. The molecule has 0 fully saturated rings. The number of nitrogens with one attached hydrogen (secondary N) is 2. The fraction of sp³-hybridized carbons (Fsp3) is 0.200. The van der Waals surface area contributed by atoms with Crippen LogP contribution >= 0.6 is 0 Å². The van der Waals surface area contributed by atoms with Gasteiger partial charge in [0.25, 0.3) is 0 Å². The first-order valence-electron chi connectivity index (χ1n) is 8.68. The van der Waals surface area contributed by atoms with Crippen molar-refractivity contribution in [2.24, 2.45) is 0 Å². The Morgan fingerprint density at radius 1 is 1.00 bits per heavy atom. The number of hydrogen-bond donors (Lipinski definition) is 2. The molecular weight excluding hydrogens is 360 g/mol. The number of aryl methyl sites for hydroxylation is 1. The van der Waals surface area contributed by atoms with Crippen LogP contribution in [0.5, 0.6) is 5.75 Å². The van der Waals surface area contributed by atoms with Gasteiger partial charge < -0.3 is 19.9 Å². The van der Waals surface area contributed by atoms with Gasteiger partial charge in [-0.05, 0) is 48.5 Å². The SMILES string of the molecule is COc1ccc(-c2noc(CCC(=O)Nc3ccc(NC(C)=O)cc3)n2)cc1. The molecule has 3 aromatic rings. The number of carbonyl (C=O) groups is 2. The van der Waals surface area contributed by atoms with Gasteiger partial charge in [0.15, 0.2) is 0 Å². The van der Waals surface area contributed by atoms with E-state index in [0.29, 0.717) is 29.5 Å². The van der Waals surface area contributed by atoms with Crippen molar-refractivity contribution in [1.82, 2.24) is 10.1 Å². The summed E-state index contributed by atoms with van der Waals surface area (Å²) in [5, 5.41) is 9.40. The predicted octanol–water partition coefficient (Wildman–Crippen LogP) is 3.27. The van der Waals surface area contributed by atoms with Gasteiger partial charge in [-0.3, -0.25) is 9.59 Å². The number of rotatable bonds is 7. The van der Waals surface area contributed by atoms with E-state index in [1.54, 1.807) is 31.4 Å². The van der Waals surface area contributed by atoms with Gasteiger partial charge in [-0.25, -0.2) is 0 Å². The summed E-state index contributed by atoms with van der Waals surface area (Å²) in [5.74, 6) is 1.28. The quantitative estimate of drug-likeness (QED) is 0.651. The van der Waals surface area contributed by atoms with Crippen LogP contribution in [0.15, 0.2) is 53.1 Å². The zero-order valence-corrected chi connectivity index (χ0v) is 15.6. The van der Waals surface area contributed by atoms with E-state index in [1.165, 1.54) is 6.92 Å². The first-order valence-corrected chi connectivity index (χ1v) is 8.68. The normalized spacial score (nSPS) is 10.4. The molecule has 8 nitrogen and oxygen atoms in total. The summed E-state index contributed by atoms with van der Waals surface area (Å²) >= 11 is 0. The van der Waals surface area contributed by atoms with Crippen LogP contribution in [-0.2, 0) is 16.0 Å². The lowest BCUT2D eigenvalue weighted by Crippen LogP contribution is -2.12. The van der Waals surface area contributed by atoms with Crippen molar-refractivity contribution in [3.63, 3.8) is 0 Å². The van der Waals surface area contributed by atoms with Crippen LogP contribution < -0.4 is 15.4 Å². The Morgan fingerprint density at radius 2 is 1.64 bits per heavy atom. The van der Waals surface area contributed by atoms with E-state index < -0.39 is 0 Å². The van der Waals surface area contributed by atoms with Gasteiger partial charge in [0, 0.05) is 36.7 Å². The monoisotopic (exact) mass is 380 g/mol. The molecule has 0 saturated heterocycles. The predicted molar refractivity (Wildman–Crippen MR) is 104 cm³/mol. The molecule has 2 N–H and O–H groups in total. The minimum atomic E-state index is -0.170. The minimum Gasteiger partial charge on any atom is -0.497 e. The van der Waals surface area contributed by atoms with Crippen molar-refractivity contribution >= 4 is 23.2 Å². The van der Waals surface area contributed by atoms with E-state index in [4.69, 9.17) is 9.26 Å². The third kappa shape index (κ3) is 5.16. The van der Waals surface area contributed by atoms with Gasteiger partial charge in [0.05, 0.1) is 7.11 Å². The zero-order valence-electron chi connectivity index (χ0n) is 15.6. The second-order valence-corrected chi connectivity index (χ2v) is 6.05. The van der Waals surface area contributed by atoms with Crippen LogP contribution in [-0.4, -0.2) is 29.1 Å². The second-order valence-electron chi connectivity index (χ2n) is 6.05. The number of hydrogen-bond acceptors (Lipinski definition) is 6. The zero-order chi connectivity index (χ0) is 19.9. The molecule has 3 rings (SSSR count). The minimum absolute atomic E-state index is 0.148. The molecule has 2 amide bonds. The fourth-order valence-electron chi connectivity index (χ4n) is 2.50. The Labute approximate surface area is 161 Å². The van der Waals surface area contributed by atoms with E-state index >= 15 is 0 Å². The molecule has 0 bridgehead atoms. The van der Waals surface area contributed by atoms with Crippen LogP contribution in [0.4, 0.5) is 11.4 Å². The maximum atomic E-state index is 12.1. The molecule has 0 atom stereocenters. The largest absolute Gasteiger partial charge is 0.497 e. The van der Waals surface area contributed by atoms with Gasteiger partial charge in [0.2, 0.25) is 23.5 Å². The van der Waals surface area contributed by atoms with Crippen LogP contribution in [0.25, 0.3) is 11.4 Å². The van der Waals surface area contributed by atoms with Crippen molar-refractivity contribution in [2.45, 2.75) is 19.8 Å². The highest BCUT2D eigenvalue weighted by atomic mass is 16.5. The fourth-order valence-corrected chi connectivity index (χ4v) is 2.50. The van der Waals surface area contributed by atoms with Crippen LogP contribution in [0, 0.1) is 0 Å². The molecule has 144 valence electrons. The highest BCUT2D eigenvalue weighted by Gasteiger charge is 2.11. The summed E-state index contributed by atoms with van der Waals surface area (Å²) < 4.78 is 10.3. The molecule has 0 radical (unpaired) electrons. The van der Waals surface area contributed by atoms with Crippen molar-refractivity contribution in [3.05, 3.63) is 54.4 Å². The average Bonchev–Trinajstić information content (AvgIpc) is 3.17. The molecule has 0 aliphatic rings. The lowest BCUT2D eigenvalue weighted by Gasteiger charge is -2.06. The molecular formula is C20H20N4O4. The highest BCUT2D eigenvalue weighted by Crippen LogP contribution is 2.20. The Kier molecular flexibility index (Phi) is 6.01. The standard InChI is InChI=1S/C20H20N4O4/c1-13(25)21-15-5-7-16(8-6-15)22-18(26)11-12-19-23-20(24-28-19)14-3-9-17(27-2)10-4-14/h3-10H,11-12H2,1-2H3,(H,21,25)(H,22,26). The van der Waals surface area contributed by atoms with E-state index in [-0.39, 0.29) is 18.2 Å². The third-order valence-electron chi connectivity index (χ3n) is 3.87.